The van der Waals surface area contributed by atoms with Crippen LogP contribution < -0.4 is 9.64 Å². The van der Waals surface area contributed by atoms with Gasteiger partial charge in [-0.1, -0.05) is 62.7 Å². The van der Waals surface area contributed by atoms with Gasteiger partial charge in [0.2, 0.25) is 11.9 Å². The second-order valence-corrected chi connectivity index (χ2v) is 8.88. The summed E-state index contributed by atoms with van der Waals surface area (Å²) in [7, 11) is 1.65. The summed E-state index contributed by atoms with van der Waals surface area (Å²) in [6.45, 7) is 7.89. The van der Waals surface area contributed by atoms with Crippen molar-refractivity contribution in [1.82, 2.24) is 14.8 Å². The number of aryl methyl sites for hydroxylation is 1. The zero-order chi connectivity index (χ0) is 21.5. The Bertz CT molecular complexity index is 1030. The van der Waals surface area contributed by atoms with Crippen molar-refractivity contribution in [2.45, 2.75) is 46.2 Å². The Morgan fingerprint density at radius 2 is 1.60 bits per heavy atom. The number of benzene rings is 2. The number of methoxy groups -OCH3 is 1. The highest BCUT2D eigenvalue weighted by atomic mass is 16.5. The molecule has 2 atom stereocenters. The summed E-state index contributed by atoms with van der Waals surface area (Å²) < 4.78 is 7.21. The van der Waals surface area contributed by atoms with Crippen molar-refractivity contribution in [3.05, 3.63) is 71.5 Å². The molecule has 4 rings (SSSR count). The smallest absolute Gasteiger partial charge is 0.235 e. The van der Waals surface area contributed by atoms with Gasteiger partial charge in [-0.25, -0.2) is 4.68 Å². The molecule has 0 saturated heterocycles. The number of anilines is 1. The van der Waals surface area contributed by atoms with Crippen molar-refractivity contribution < 1.29 is 9.53 Å². The van der Waals surface area contributed by atoms with E-state index in [1.165, 1.54) is 11.9 Å². The van der Waals surface area contributed by atoms with Gasteiger partial charge in [-0.05, 0) is 36.6 Å². The molecule has 0 N–H and O–H groups in total. The minimum atomic E-state index is -0.543. The SMILES string of the molecule is COc1ccc(C2CC(c3ccc(C)cc3)n3ncnc3N2C(=O)C(C)(C)C)cc1. The maximum atomic E-state index is 13.5. The largest absolute Gasteiger partial charge is 0.497 e. The predicted molar refractivity (Wildman–Crippen MR) is 117 cm³/mol. The van der Waals surface area contributed by atoms with Gasteiger partial charge in [0.05, 0.1) is 19.2 Å². The molecule has 156 valence electrons. The van der Waals surface area contributed by atoms with E-state index in [0.29, 0.717) is 12.4 Å². The summed E-state index contributed by atoms with van der Waals surface area (Å²) in [6.07, 6.45) is 2.25. The first kappa shape index (κ1) is 20.1. The molecule has 6 nitrogen and oxygen atoms in total. The lowest BCUT2D eigenvalue weighted by Crippen LogP contribution is -2.47. The zero-order valence-corrected chi connectivity index (χ0v) is 18.2. The average Bonchev–Trinajstić information content (AvgIpc) is 3.22. The van der Waals surface area contributed by atoms with Crippen molar-refractivity contribution >= 4 is 11.9 Å². The lowest BCUT2D eigenvalue weighted by molar-refractivity contribution is -0.126. The monoisotopic (exact) mass is 404 g/mol. The Balaban J connectivity index is 1.84. The van der Waals surface area contributed by atoms with Gasteiger partial charge in [0.25, 0.3) is 0 Å². The summed E-state index contributed by atoms with van der Waals surface area (Å²) in [5.74, 6) is 1.41. The molecule has 2 unspecified atom stereocenters. The number of aromatic nitrogens is 3. The number of rotatable bonds is 3. The number of ether oxygens (including phenoxy) is 1. The number of fused-ring (bicyclic) bond motifs is 1. The van der Waals surface area contributed by atoms with Gasteiger partial charge in [-0.2, -0.15) is 10.1 Å². The molecule has 0 bridgehead atoms. The Kier molecular flexibility index (Phi) is 5.10. The minimum absolute atomic E-state index is 0.000722. The molecular formula is C24H28N4O2. The summed E-state index contributed by atoms with van der Waals surface area (Å²) in [5, 5.41) is 4.50. The van der Waals surface area contributed by atoms with Crippen LogP contribution in [-0.4, -0.2) is 27.8 Å². The van der Waals surface area contributed by atoms with E-state index < -0.39 is 5.41 Å². The first-order chi connectivity index (χ1) is 14.3. The van der Waals surface area contributed by atoms with Crippen LogP contribution in [-0.2, 0) is 4.79 Å². The third kappa shape index (κ3) is 3.58. The summed E-state index contributed by atoms with van der Waals surface area (Å²) >= 11 is 0. The van der Waals surface area contributed by atoms with Gasteiger partial charge in [-0.3, -0.25) is 9.69 Å². The van der Waals surface area contributed by atoms with E-state index >= 15 is 0 Å². The first-order valence-electron chi connectivity index (χ1n) is 10.2. The highest BCUT2D eigenvalue weighted by Gasteiger charge is 2.42. The molecule has 0 radical (unpaired) electrons. The van der Waals surface area contributed by atoms with Gasteiger partial charge < -0.3 is 4.74 Å². The second kappa shape index (κ2) is 7.59. The third-order valence-corrected chi connectivity index (χ3v) is 5.65. The fourth-order valence-electron chi connectivity index (χ4n) is 3.96. The Hall–Kier alpha value is -3.15. The lowest BCUT2D eigenvalue weighted by atomic mass is 9.88. The molecule has 30 heavy (non-hydrogen) atoms. The first-order valence-corrected chi connectivity index (χ1v) is 10.2. The molecule has 0 fully saturated rings. The molecule has 0 saturated carbocycles. The molecular weight excluding hydrogens is 376 g/mol. The summed E-state index contributed by atoms with van der Waals surface area (Å²) in [4.78, 5) is 19.8. The van der Waals surface area contributed by atoms with Crippen LogP contribution in [0.4, 0.5) is 5.95 Å². The van der Waals surface area contributed by atoms with Crippen LogP contribution in [0.1, 0.15) is 56.0 Å². The van der Waals surface area contributed by atoms with Crippen molar-refractivity contribution in [2.75, 3.05) is 12.0 Å². The minimum Gasteiger partial charge on any atom is -0.497 e. The molecule has 2 heterocycles. The van der Waals surface area contributed by atoms with Crippen LogP contribution in [0, 0.1) is 12.3 Å². The lowest BCUT2D eigenvalue weighted by Gasteiger charge is -2.41. The number of carbonyl (C=O) groups excluding carboxylic acids is 1. The fourth-order valence-corrected chi connectivity index (χ4v) is 3.96. The van der Waals surface area contributed by atoms with Crippen molar-refractivity contribution in [2.24, 2.45) is 5.41 Å². The average molecular weight is 405 g/mol. The molecule has 0 spiro atoms. The Morgan fingerprint density at radius 3 is 2.20 bits per heavy atom. The third-order valence-electron chi connectivity index (χ3n) is 5.65. The van der Waals surface area contributed by atoms with Gasteiger partial charge in [0, 0.05) is 5.41 Å². The molecule has 0 aliphatic carbocycles. The maximum Gasteiger partial charge on any atom is 0.235 e. The zero-order valence-electron chi connectivity index (χ0n) is 18.2. The van der Waals surface area contributed by atoms with Crippen molar-refractivity contribution in [3.8, 4) is 5.75 Å². The number of carbonyl (C=O) groups is 1. The predicted octanol–water partition coefficient (Wildman–Crippen LogP) is 4.71. The van der Waals surface area contributed by atoms with Crippen LogP contribution in [0.25, 0.3) is 0 Å². The van der Waals surface area contributed by atoms with Gasteiger partial charge in [-0.15, -0.1) is 0 Å². The molecule has 1 aliphatic heterocycles. The van der Waals surface area contributed by atoms with Gasteiger partial charge in [0.1, 0.15) is 12.1 Å². The summed E-state index contributed by atoms with van der Waals surface area (Å²) in [6, 6.07) is 16.3. The van der Waals surface area contributed by atoms with E-state index in [0.717, 1.165) is 16.9 Å². The normalized spacial score (nSPS) is 18.8. The number of nitrogens with zero attached hydrogens (tertiary/aromatic N) is 4. The van der Waals surface area contributed by atoms with E-state index in [4.69, 9.17) is 4.74 Å². The van der Waals surface area contributed by atoms with E-state index in [1.807, 2.05) is 54.6 Å². The van der Waals surface area contributed by atoms with Crippen LogP contribution in [0.15, 0.2) is 54.9 Å². The highest BCUT2D eigenvalue weighted by molar-refractivity contribution is 5.96. The number of hydrogen-bond donors (Lipinski definition) is 0. The fraction of sp³-hybridized carbons (Fsp3) is 0.375. The summed E-state index contributed by atoms with van der Waals surface area (Å²) in [5.41, 5.74) is 2.89. The van der Waals surface area contributed by atoms with Crippen LogP contribution in [0.3, 0.4) is 0 Å². The van der Waals surface area contributed by atoms with E-state index in [-0.39, 0.29) is 18.0 Å². The second-order valence-electron chi connectivity index (χ2n) is 8.88. The molecule has 2 aromatic carbocycles. The molecule has 3 aromatic rings. The molecule has 6 heteroatoms. The van der Waals surface area contributed by atoms with Crippen LogP contribution in [0.5, 0.6) is 5.75 Å². The molecule has 1 aliphatic rings. The highest BCUT2D eigenvalue weighted by Crippen LogP contribution is 2.43. The van der Waals surface area contributed by atoms with Gasteiger partial charge >= 0.3 is 0 Å². The topological polar surface area (TPSA) is 60.2 Å². The Morgan fingerprint density at radius 1 is 1.00 bits per heavy atom. The molecule has 1 aromatic heterocycles. The molecule has 1 amide bonds. The Labute approximate surface area is 177 Å². The standard InChI is InChI=1S/C24H28N4O2/c1-16-6-8-18(9-7-16)21-14-20(17-10-12-19(30-5)13-11-17)27(22(29)24(2,3)4)23-25-15-26-28(21)23/h6-13,15,20-21H,14H2,1-5H3. The van der Waals surface area contributed by atoms with Gasteiger partial charge in [0.15, 0.2) is 0 Å². The van der Waals surface area contributed by atoms with E-state index in [1.54, 1.807) is 7.11 Å². The van der Waals surface area contributed by atoms with Crippen molar-refractivity contribution in [3.63, 3.8) is 0 Å². The number of amides is 1. The maximum absolute atomic E-state index is 13.5. The number of hydrogen-bond acceptors (Lipinski definition) is 4. The quantitative estimate of drug-likeness (QED) is 0.634. The van der Waals surface area contributed by atoms with E-state index in [9.17, 15) is 4.79 Å². The van der Waals surface area contributed by atoms with Crippen molar-refractivity contribution in [1.29, 1.82) is 0 Å². The van der Waals surface area contributed by atoms with Crippen LogP contribution in [0.2, 0.25) is 0 Å². The van der Waals surface area contributed by atoms with Crippen LogP contribution >= 0.6 is 0 Å². The van der Waals surface area contributed by atoms with E-state index in [2.05, 4.69) is 41.3 Å².